The molecule has 0 spiro atoms. The van der Waals surface area contributed by atoms with Crippen LogP contribution in [0.4, 0.5) is 0 Å². The van der Waals surface area contributed by atoms with Gasteiger partial charge < -0.3 is 16.0 Å². The number of piperidine rings is 1. The molecule has 5 heteroatoms. The quantitative estimate of drug-likeness (QED) is 0.756. The zero-order valence-corrected chi connectivity index (χ0v) is 11.0. The Morgan fingerprint density at radius 2 is 2.22 bits per heavy atom. The minimum atomic E-state index is 0.0881. The van der Waals surface area contributed by atoms with E-state index in [2.05, 4.69) is 5.32 Å². The van der Waals surface area contributed by atoms with Crippen LogP contribution in [0.1, 0.15) is 38.5 Å². The van der Waals surface area contributed by atoms with Crippen molar-refractivity contribution in [1.82, 2.24) is 10.2 Å². The van der Waals surface area contributed by atoms with E-state index in [9.17, 15) is 9.59 Å². The largest absolute Gasteiger partial charge is 0.352 e. The second-order valence-electron chi connectivity index (χ2n) is 5.64. The number of hydrogen-bond acceptors (Lipinski definition) is 3. The smallest absolute Gasteiger partial charge is 0.222 e. The van der Waals surface area contributed by atoms with Gasteiger partial charge in [0.1, 0.15) is 0 Å². The molecule has 1 unspecified atom stereocenters. The average Bonchev–Trinajstić information content (AvgIpc) is 2.70. The molecule has 2 amide bonds. The van der Waals surface area contributed by atoms with Crippen LogP contribution in [-0.4, -0.2) is 42.4 Å². The molecule has 0 aromatic rings. The molecule has 18 heavy (non-hydrogen) atoms. The lowest BCUT2D eigenvalue weighted by Gasteiger charge is -2.30. The van der Waals surface area contributed by atoms with Gasteiger partial charge in [-0.25, -0.2) is 0 Å². The molecule has 1 heterocycles. The van der Waals surface area contributed by atoms with Crippen molar-refractivity contribution in [1.29, 1.82) is 0 Å². The van der Waals surface area contributed by atoms with E-state index in [0.717, 1.165) is 25.7 Å². The highest BCUT2D eigenvalue weighted by atomic mass is 16.2. The Morgan fingerprint density at radius 1 is 1.44 bits per heavy atom. The monoisotopic (exact) mass is 253 g/mol. The Kier molecular flexibility index (Phi) is 4.22. The Morgan fingerprint density at radius 3 is 2.83 bits per heavy atom. The summed E-state index contributed by atoms with van der Waals surface area (Å²) >= 11 is 0. The normalized spacial score (nSPS) is 32.7. The molecule has 5 nitrogen and oxygen atoms in total. The van der Waals surface area contributed by atoms with E-state index in [-0.39, 0.29) is 23.9 Å². The van der Waals surface area contributed by atoms with Crippen molar-refractivity contribution < 1.29 is 9.59 Å². The van der Waals surface area contributed by atoms with E-state index < -0.39 is 0 Å². The predicted molar refractivity (Wildman–Crippen MR) is 68.7 cm³/mol. The lowest BCUT2D eigenvalue weighted by Crippen LogP contribution is -2.49. The van der Waals surface area contributed by atoms with E-state index in [0.29, 0.717) is 25.3 Å². The first-order chi connectivity index (χ1) is 8.56. The number of likely N-dealkylation sites (tertiary alicyclic amines) is 1. The summed E-state index contributed by atoms with van der Waals surface area (Å²) in [6.45, 7) is 0.626. The SMILES string of the molecule is CN1CC(NC(=O)C[C@@H]2CCC[C@H]2N)CCC1=O. The fourth-order valence-corrected chi connectivity index (χ4v) is 2.97. The van der Waals surface area contributed by atoms with E-state index in [1.807, 2.05) is 0 Å². The molecule has 0 aromatic carbocycles. The Balaban J connectivity index is 1.75. The van der Waals surface area contributed by atoms with Crippen molar-refractivity contribution in [3.63, 3.8) is 0 Å². The van der Waals surface area contributed by atoms with Gasteiger partial charge in [0.2, 0.25) is 11.8 Å². The lowest BCUT2D eigenvalue weighted by molar-refractivity contribution is -0.134. The molecule has 2 fully saturated rings. The summed E-state index contributed by atoms with van der Waals surface area (Å²) in [6, 6.07) is 0.296. The van der Waals surface area contributed by atoms with Crippen LogP contribution in [0.3, 0.4) is 0 Å². The van der Waals surface area contributed by atoms with Crippen LogP contribution in [0.25, 0.3) is 0 Å². The van der Waals surface area contributed by atoms with Gasteiger partial charge in [-0.2, -0.15) is 0 Å². The van der Waals surface area contributed by atoms with Crippen LogP contribution >= 0.6 is 0 Å². The first-order valence-electron chi connectivity index (χ1n) is 6.85. The first-order valence-corrected chi connectivity index (χ1v) is 6.85. The van der Waals surface area contributed by atoms with E-state index in [4.69, 9.17) is 5.73 Å². The number of carbonyl (C=O) groups excluding carboxylic acids is 2. The topological polar surface area (TPSA) is 75.4 Å². The number of nitrogens with one attached hydrogen (secondary N) is 1. The van der Waals surface area contributed by atoms with Crippen LogP contribution < -0.4 is 11.1 Å². The van der Waals surface area contributed by atoms with Gasteiger partial charge in [-0.1, -0.05) is 6.42 Å². The maximum absolute atomic E-state index is 11.9. The van der Waals surface area contributed by atoms with E-state index >= 15 is 0 Å². The van der Waals surface area contributed by atoms with E-state index in [1.165, 1.54) is 0 Å². The van der Waals surface area contributed by atoms with Gasteiger partial charge in [0.15, 0.2) is 0 Å². The summed E-state index contributed by atoms with van der Waals surface area (Å²) < 4.78 is 0. The van der Waals surface area contributed by atoms with Crippen LogP contribution in [0, 0.1) is 5.92 Å². The number of hydrogen-bond donors (Lipinski definition) is 2. The molecule has 1 saturated carbocycles. The van der Waals surface area contributed by atoms with Gasteiger partial charge >= 0.3 is 0 Å². The maximum Gasteiger partial charge on any atom is 0.222 e. The maximum atomic E-state index is 11.9. The zero-order valence-electron chi connectivity index (χ0n) is 11.0. The second-order valence-corrected chi connectivity index (χ2v) is 5.64. The van der Waals surface area contributed by atoms with E-state index in [1.54, 1.807) is 11.9 Å². The highest BCUT2D eigenvalue weighted by Gasteiger charge is 2.28. The number of likely N-dealkylation sites (N-methyl/N-ethyl adjacent to an activating group) is 1. The summed E-state index contributed by atoms with van der Waals surface area (Å²) in [5.74, 6) is 0.594. The van der Waals surface area contributed by atoms with Gasteiger partial charge in [0, 0.05) is 38.5 Å². The molecular formula is C13H23N3O2. The predicted octanol–water partition coefficient (Wildman–Crippen LogP) is 0.241. The van der Waals surface area contributed by atoms with Gasteiger partial charge in [-0.15, -0.1) is 0 Å². The summed E-state index contributed by atoms with van der Waals surface area (Å²) in [5, 5.41) is 3.03. The molecule has 3 N–H and O–H groups in total. The van der Waals surface area contributed by atoms with Crippen molar-refractivity contribution in [2.45, 2.75) is 50.6 Å². The van der Waals surface area contributed by atoms with Crippen molar-refractivity contribution in [2.75, 3.05) is 13.6 Å². The van der Waals surface area contributed by atoms with Gasteiger partial charge in [-0.05, 0) is 25.2 Å². The fourth-order valence-electron chi connectivity index (χ4n) is 2.97. The Bertz CT molecular complexity index is 332. The average molecular weight is 253 g/mol. The zero-order chi connectivity index (χ0) is 13.1. The molecule has 2 rings (SSSR count). The summed E-state index contributed by atoms with van der Waals surface area (Å²) in [6.07, 6.45) is 5.07. The molecule has 3 atom stereocenters. The number of rotatable bonds is 3. The van der Waals surface area contributed by atoms with Crippen LogP contribution in [-0.2, 0) is 9.59 Å². The molecule has 102 valence electrons. The van der Waals surface area contributed by atoms with Crippen LogP contribution in [0.2, 0.25) is 0 Å². The summed E-state index contributed by atoms with van der Waals surface area (Å²) in [5.41, 5.74) is 5.97. The summed E-state index contributed by atoms with van der Waals surface area (Å²) in [4.78, 5) is 25.0. The van der Waals surface area contributed by atoms with Gasteiger partial charge in [0.05, 0.1) is 0 Å². The first kappa shape index (κ1) is 13.3. The third kappa shape index (κ3) is 3.22. The minimum absolute atomic E-state index is 0.0881. The Labute approximate surface area is 108 Å². The third-order valence-electron chi connectivity index (χ3n) is 4.16. The fraction of sp³-hybridized carbons (Fsp3) is 0.846. The number of amides is 2. The lowest BCUT2D eigenvalue weighted by atomic mass is 9.99. The molecule has 1 saturated heterocycles. The summed E-state index contributed by atoms with van der Waals surface area (Å²) in [7, 11) is 1.79. The van der Waals surface area contributed by atoms with Crippen molar-refractivity contribution in [3.05, 3.63) is 0 Å². The molecule has 0 radical (unpaired) electrons. The number of carbonyl (C=O) groups is 2. The highest BCUT2D eigenvalue weighted by molar-refractivity contribution is 5.79. The van der Waals surface area contributed by atoms with Crippen molar-refractivity contribution >= 4 is 11.8 Å². The van der Waals surface area contributed by atoms with Crippen LogP contribution in [0.15, 0.2) is 0 Å². The van der Waals surface area contributed by atoms with Gasteiger partial charge in [0.25, 0.3) is 0 Å². The second kappa shape index (κ2) is 5.69. The standard InChI is InChI=1S/C13H23N3O2/c1-16-8-10(5-6-13(16)18)15-12(17)7-9-3-2-4-11(9)14/h9-11H,2-8,14H2,1H3,(H,15,17)/t9-,10?,11+/m0/s1. The molecular weight excluding hydrogens is 230 g/mol. The van der Waals surface area contributed by atoms with Crippen molar-refractivity contribution in [3.8, 4) is 0 Å². The van der Waals surface area contributed by atoms with Gasteiger partial charge in [-0.3, -0.25) is 9.59 Å². The molecule has 0 aromatic heterocycles. The number of nitrogens with zero attached hydrogens (tertiary/aromatic N) is 1. The van der Waals surface area contributed by atoms with Crippen LogP contribution in [0.5, 0.6) is 0 Å². The highest BCUT2D eigenvalue weighted by Crippen LogP contribution is 2.26. The number of nitrogens with two attached hydrogens (primary N) is 1. The molecule has 2 aliphatic rings. The Hall–Kier alpha value is -1.10. The van der Waals surface area contributed by atoms with Crippen molar-refractivity contribution in [2.24, 2.45) is 11.7 Å². The molecule has 1 aliphatic carbocycles. The minimum Gasteiger partial charge on any atom is -0.352 e. The third-order valence-corrected chi connectivity index (χ3v) is 4.16. The molecule has 1 aliphatic heterocycles. The molecule has 0 bridgehead atoms.